The van der Waals surface area contributed by atoms with E-state index in [2.05, 4.69) is 33.8 Å². The number of anilines is 1. The summed E-state index contributed by atoms with van der Waals surface area (Å²) in [6.07, 6.45) is 2.88. The molecule has 42 heavy (non-hydrogen) atoms. The van der Waals surface area contributed by atoms with Gasteiger partial charge in [0.25, 0.3) is 5.91 Å². The zero-order valence-electron chi connectivity index (χ0n) is 23.7. The molecule has 4 rings (SSSR count). The van der Waals surface area contributed by atoms with Crippen LogP contribution in [0.3, 0.4) is 0 Å². The average Bonchev–Trinajstić information content (AvgIpc) is 3.00. The number of benzene rings is 1. The number of hydrogen-bond donors (Lipinski definition) is 3. The van der Waals surface area contributed by atoms with Gasteiger partial charge in [0.2, 0.25) is 0 Å². The van der Waals surface area contributed by atoms with E-state index in [0.29, 0.717) is 34.0 Å². The monoisotopic (exact) mass is 600 g/mol. The zero-order valence-corrected chi connectivity index (χ0v) is 24.5. The number of nitrogens with one attached hydrogen (secondary N) is 2. The molecule has 1 aromatic carbocycles. The summed E-state index contributed by atoms with van der Waals surface area (Å²) >= 11 is 0. The highest BCUT2D eigenvalue weighted by molar-refractivity contribution is 7.82. The molecule has 4 bridgehead atoms. The van der Waals surface area contributed by atoms with Crippen molar-refractivity contribution in [3.8, 4) is 11.3 Å². The van der Waals surface area contributed by atoms with Gasteiger partial charge in [-0.25, -0.2) is 18.5 Å². The van der Waals surface area contributed by atoms with E-state index in [-0.39, 0.29) is 63.3 Å². The summed E-state index contributed by atoms with van der Waals surface area (Å²) in [7, 11) is 1.35. The lowest BCUT2D eigenvalue weighted by atomic mass is 10.1. The van der Waals surface area contributed by atoms with E-state index >= 15 is 0 Å². The van der Waals surface area contributed by atoms with Gasteiger partial charge in [-0.15, -0.1) is 0 Å². The van der Waals surface area contributed by atoms with Crippen LogP contribution in [-0.2, 0) is 34.7 Å². The molecular weight excluding hydrogens is 564 g/mol. The molecule has 0 spiro atoms. The number of fused-ring (bicyclic) bond motifs is 15. The molecule has 2 aromatic rings. The first-order valence-corrected chi connectivity index (χ1v) is 14.1. The number of nitrogens with zero attached hydrogens (tertiary/aromatic N) is 3. The number of methoxy groups -OCH3 is 1. The van der Waals surface area contributed by atoms with E-state index in [1.807, 2.05) is 0 Å². The fourth-order valence-electron chi connectivity index (χ4n) is 3.76. The Labute approximate surface area is 247 Å². The summed E-state index contributed by atoms with van der Waals surface area (Å²) in [4.78, 5) is 34.3. The summed E-state index contributed by atoms with van der Waals surface area (Å²) in [5.41, 5.74) is 7.74. The van der Waals surface area contributed by atoms with Crippen molar-refractivity contribution >= 4 is 28.7 Å². The number of rotatable bonds is 6. The predicted octanol–water partition coefficient (Wildman–Crippen LogP) is 1.19. The summed E-state index contributed by atoms with van der Waals surface area (Å²) in [6.45, 7) is 9.42. The first-order chi connectivity index (χ1) is 20.3. The second-order valence-electron chi connectivity index (χ2n) is 8.81. The molecule has 1 unspecified atom stereocenters. The molecule has 1 amide bonds. The van der Waals surface area contributed by atoms with Crippen LogP contribution in [0.2, 0.25) is 0 Å². The lowest BCUT2D eigenvalue weighted by Gasteiger charge is -2.20. The maximum absolute atomic E-state index is 13.3. The van der Waals surface area contributed by atoms with Crippen LogP contribution in [0.5, 0.6) is 0 Å². The molecule has 0 radical (unpaired) electrons. The molecule has 13 nitrogen and oxygen atoms in total. The van der Waals surface area contributed by atoms with Crippen LogP contribution < -0.4 is 16.4 Å². The number of aromatic nitrogens is 2. The maximum atomic E-state index is 13.3. The molecule has 1 aromatic heterocycles. The Morgan fingerprint density at radius 3 is 2.57 bits per heavy atom. The van der Waals surface area contributed by atoms with Crippen LogP contribution in [0, 0.1) is 0 Å². The second kappa shape index (κ2) is 16.5. The van der Waals surface area contributed by atoms with Gasteiger partial charge in [-0.1, -0.05) is 25.3 Å². The Kier molecular flexibility index (Phi) is 12.8. The summed E-state index contributed by atoms with van der Waals surface area (Å²) in [6, 6.07) is 6.66. The molecule has 0 aliphatic carbocycles. The van der Waals surface area contributed by atoms with Crippen LogP contribution in [0.25, 0.3) is 11.3 Å². The standard InChI is InChI=1S/C28H36N6O7S/c1-5-22-26(19(2)16-30-3)41-15-14-40-13-12-39-11-10-34(18-24(35)38-4)42(37)21-8-6-20(7-9-21)23-17-31-27(29)25(32-23)28(36)33-22/h5-9,17,30H,1-2,10-16,18H2,3-4H3,(H2,29,31)(H,33,36)/b26-22-. The lowest BCUT2D eigenvalue weighted by Crippen LogP contribution is -2.35. The highest BCUT2D eigenvalue weighted by Crippen LogP contribution is 2.22. The largest absolute Gasteiger partial charge is 0.489 e. The molecule has 0 saturated heterocycles. The van der Waals surface area contributed by atoms with Crippen molar-refractivity contribution in [3.63, 3.8) is 0 Å². The zero-order chi connectivity index (χ0) is 30.5. The summed E-state index contributed by atoms with van der Waals surface area (Å²) in [5.74, 6) is -0.899. The van der Waals surface area contributed by atoms with Crippen molar-refractivity contribution in [2.24, 2.45) is 0 Å². The third-order valence-corrected chi connectivity index (χ3v) is 7.33. The Balaban J connectivity index is 1.97. The fraction of sp³-hybridized carbons (Fsp3) is 0.357. The second-order valence-corrected chi connectivity index (χ2v) is 10.3. The summed E-state index contributed by atoms with van der Waals surface area (Å²) in [5, 5.41) is 5.76. The fourth-order valence-corrected chi connectivity index (χ4v) is 4.89. The normalized spacial score (nSPS) is 19.5. The molecule has 0 saturated carbocycles. The smallest absolute Gasteiger partial charge is 0.320 e. The lowest BCUT2D eigenvalue weighted by molar-refractivity contribution is -0.140. The van der Waals surface area contributed by atoms with Crippen molar-refractivity contribution in [2.45, 2.75) is 4.90 Å². The van der Waals surface area contributed by atoms with Gasteiger partial charge in [0.1, 0.15) is 29.9 Å². The number of carbonyl (C=O) groups is 2. The maximum Gasteiger partial charge on any atom is 0.320 e. The number of carbonyl (C=O) groups excluding carboxylic acids is 2. The van der Waals surface area contributed by atoms with Crippen LogP contribution >= 0.6 is 0 Å². The van der Waals surface area contributed by atoms with Crippen molar-refractivity contribution in [1.82, 2.24) is 24.9 Å². The van der Waals surface area contributed by atoms with Gasteiger partial charge in [0.05, 0.1) is 56.0 Å². The molecule has 2 aliphatic rings. The number of nitrogens with two attached hydrogens (primary N) is 1. The van der Waals surface area contributed by atoms with Crippen molar-refractivity contribution in [2.75, 3.05) is 72.6 Å². The molecule has 14 heteroatoms. The molecule has 4 N–H and O–H groups in total. The Morgan fingerprint density at radius 2 is 1.90 bits per heavy atom. The SMILES string of the molecule is C=C/C1=C(\C(=C)CNC)OCCOCCOCCN(CC(=O)OC)S(=O)c2ccc(cc2)-c2cnc(N)c(n2)C(=O)N1. The van der Waals surface area contributed by atoms with E-state index in [0.717, 1.165) is 0 Å². The van der Waals surface area contributed by atoms with Crippen molar-refractivity contribution < 1.29 is 32.7 Å². The quantitative estimate of drug-likeness (QED) is 0.322. The highest BCUT2D eigenvalue weighted by atomic mass is 32.2. The van der Waals surface area contributed by atoms with Gasteiger partial charge in [0, 0.05) is 24.2 Å². The highest BCUT2D eigenvalue weighted by Gasteiger charge is 2.21. The van der Waals surface area contributed by atoms with E-state index in [1.165, 1.54) is 23.7 Å². The molecule has 3 heterocycles. The Hall–Kier alpha value is -3.95. The third-order valence-electron chi connectivity index (χ3n) is 5.87. The van der Waals surface area contributed by atoms with Crippen LogP contribution in [-0.4, -0.2) is 97.2 Å². The van der Waals surface area contributed by atoms with E-state index in [1.54, 1.807) is 31.3 Å². The van der Waals surface area contributed by atoms with E-state index < -0.39 is 22.9 Å². The number of likely N-dealkylation sites (N-methyl/N-ethyl adjacent to an activating group) is 1. The number of amides is 1. The van der Waals surface area contributed by atoms with Gasteiger partial charge < -0.3 is 35.3 Å². The van der Waals surface area contributed by atoms with E-state index in [4.69, 9.17) is 24.7 Å². The number of esters is 1. The van der Waals surface area contributed by atoms with Gasteiger partial charge in [-0.3, -0.25) is 9.59 Å². The van der Waals surface area contributed by atoms with E-state index in [9.17, 15) is 13.8 Å². The predicted molar refractivity (Wildman–Crippen MR) is 157 cm³/mol. The topological polar surface area (TPSA) is 167 Å². The van der Waals surface area contributed by atoms with Crippen LogP contribution in [0.15, 0.2) is 71.6 Å². The van der Waals surface area contributed by atoms with Crippen LogP contribution in [0.4, 0.5) is 5.82 Å². The first-order valence-electron chi connectivity index (χ1n) is 13.0. The van der Waals surface area contributed by atoms with Crippen LogP contribution in [0.1, 0.15) is 10.5 Å². The number of nitrogen functional groups attached to an aromatic ring is 1. The van der Waals surface area contributed by atoms with Crippen molar-refractivity contribution in [3.05, 3.63) is 72.4 Å². The minimum atomic E-state index is -1.68. The molecule has 2 aliphatic heterocycles. The summed E-state index contributed by atoms with van der Waals surface area (Å²) < 4.78 is 36.7. The van der Waals surface area contributed by atoms with Gasteiger partial charge >= 0.3 is 5.97 Å². The number of ether oxygens (including phenoxy) is 4. The Morgan fingerprint density at radius 1 is 1.21 bits per heavy atom. The molecule has 1 atom stereocenters. The molecule has 0 fully saturated rings. The average molecular weight is 601 g/mol. The molecule has 226 valence electrons. The number of allylic oxidation sites excluding steroid dienone is 1. The van der Waals surface area contributed by atoms with Gasteiger partial charge in [-0.2, -0.15) is 0 Å². The third kappa shape index (κ3) is 9.03. The first kappa shape index (κ1) is 32.6. The van der Waals surface area contributed by atoms with Crippen molar-refractivity contribution in [1.29, 1.82) is 0 Å². The van der Waals surface area contributed by atoms with Gasteiger partial charge in [0.15, 0.2) is 11.5 Å². The number of hydrogen-bond acceptors (Lipinski definition) is 11. The molecular formula is C28H36N6O7S. The van der Waals surface area contributed by atoms with Gasteiger partial charge in [-0.05, 0) is 25.3 Å². The minimum absolute atomic E-state index is 0.0718. The Bertz CT molecular complexity index is 1330. The minimum Gasteiger partial charge on any atom is -0.489 e.